The molecule has 6 heteroatoms. The standard InChI is InChI=1S/C12H13N3O2S/c1-2-10-7(5-8(1)16-10)6-11-13-12(14-17-11)9-3-4-18-15-9/h3-4,7-8,10H,1-2,5-6H2. The molecular weight excluding hydrogens is 250 g/mol. The molecule has 0 N–H and O–H groups in total. The van der Waals surface area contributed by atoms with Gasteiger partial charge in [-0.1, -0.05) is 5.16 Å². The summed E-state index contributed by atoms with van der Waals surface area (Å²) >= 11 is 1.39. The lowest BCUT2D eigenvalue weighted by Crippen LogP contribution is -2.18. The zero-order valence-corrected chi connectivity index (χ0v) is 10.6. The van der Waals surface area contributed by atoms with E-state index in [1.54, 1.807) is 0 Å². The van der Waals surface area contributed by atoms with Gasteiger partial charge in [-0.3, -0.25) is 0 Å². The Hall–Kier alpha value is -1.27. The molecule has 0 amide bonds. The molecule has 0 aliphatic carbocycles. The normalized spacial score (nSPS) is 30.1. The van der Waals surface area contributed by atoms with Crippen LogP contribution in [0.5, 0.6) is 0 Å². The molecule has 2 aliphatic heterocycles. The van der Waals surface area contributed by atoms with E-state index < -0.39 is 0 Å². The minimum Gasteiger partial charge on any atom is -0.375 e. The Kier molecular flexibility index (Phi) is 2.44. The van der Waals surface area contributed by atoms with E-state index >= 15 is 0 Å². The summed E-state index contributed by atoms with van der Waals surface area (Å²) in [5.74, 6) is 1.85. The maximum atomic E-state index is 5.84. The fourth-order valence-electron chi connectivity index (χ4n) is 2.95. The van der Waals surface area contributed by atoms with Gasteiger partial charge in [0.2, 0.25) is 11.7 Å². The maximum absolute atomic E-state index is 5.84. The number of nitrogens with zero attached hydrogens (tertiary/aromatic N) is 3. The van der Waals surface area contributed by atoms with Gasteiger partial charge >= 0.3 is 0 Å². The first-order chi connectivity index (χ1) is 8.88. The molecule has 2 fully saturated rings. The molecule has 3 unspecified atom stereocenters. The molecule has 94 valence electrons. The van der Waals surface area contributed by atoms with Crippen molar-refractivity contribution in [2.45, 2.75) is 37.9 Å². The van der Waals surface area contributed by atoms with Crippen LogP contribution in [0.1, 0.15) is 25.2 Å². The number of ether oxygens (including phenoxy) is 1. The number of hydrogen-bond donors (Lipinski definition) is 0. The van der Waals surface area contributed by atoms with Crippen molar-refractivity contribution in [2.75, 3.05) is 0 Å². The quantitative estimate of drug-likeness (QED) is 0.850. The predicted octanol–water partition coefficient (Wildman–Crippen LogP) is 2.30. The Labute approximate surface area is 108 Å². The largest absolute Gasteiger partial charge is 0.375 e. The molecule has 2 bridgehead atoms. The molecular formula is C12H13N3O2S. The van der Waals surface area contributed by atoms with Gasteiger partial charge in [0, 0.05) is 11.8 Å². The zero-order chi connectivity index (χ0) is 11.9. The van der Waals surface area contributed by atoms with Crippen molar-refractivity contribution in [2.24, 2.45) is 5.92 Å². The van der Waals surface area contributed by atoms with Crippen molar-refractivity contribution >= 4 is 11.5 Å². The molecule has 0 radical (unpaired) electrons. The van der Waals surface area contributed by atoms with Gasteiger partial charge in [-0.25, -0.2) is 0 Å². The van der Waals surface area contributed by atoms with Crippen LogP contribution in [0.3, 0.4) is 0 Å². The smallest absolute Gasteiger partial charge is 0.227 e. The van der Waals surface area contributed by atoms with E-state index in [4.69, 9.17) is 9.26 Å². The summed E-state index contributed by atoms with van der Waals surface area (Å²) in [6.45, 7) is 0. The van der Waals surface area contributed by atoms with Gasteiger partial charge in [-0.15, -0.1) is 0 Å². The Morgan fingerprint density at radius 1 is 1.39 bits per heavy atom. The van der Waals surface area contributed by atoms with Gasteiger partial charge < -0.3 is 9.26 Å². The molecule has 2 aromatic rings. The molecule has 4 heterocycles. The lowest BCUT2D eigenvalue weighted by atomic mass is 9.87. The molecule has 0 saturated carbocycles. The third kappa shape index (κ3) is 1.76. The van der Waals surface area contributed by atoms with Crippen molar-refractivity contribution in [3.05, 3.63) is 17.3 Å². The SMILES string of the molecule is c1cc(-c2noc(CC3CC4CCC3O4)n2)ns1. The molecule has 4 rings (SSSR count). The molecule has 18 heavy (non-hydrogen) atoms. The number of aromatic nitrogens is 3. The monoisotopic (exact) mass is 263 g/mol. The Morgan fingerprint density at radius 3 is 3.11 bits per heavy atom. The second-order valence-electron chi connectivity index (χ2n) is 4.97. The van der Waals surface area contributed by atoms with Gasteiger partial charge in [-0.05, 0) is 42.8 Å². The highest BCUT2D eigenvalue weighted by Crippen LogP contribution is 2.40. The Morgan fingerprint density at radius 2 is 2.39 bits per heavy atom. The molecule has 2 aromatic heterocycles. The van der Waals surface area contributed by atoms with Crippen LogP contribution in [0.2, 0.25) is 0 Å². The van der Waals surface area contributed by atoms with E-state index in [9.17, 15) is 0 Å². The van der Waals surface area contributed by atoms with E-state index in [2.05, 4.69) is 14.5 Å². The number of hydrogen-bond acceptors (Lipinski definition) is 6. The van der Waals surface area contributed by atoms with Crippen molar-refractivity contribution in [3.8, 4) is 11.5 Å². The van der Waals surface area contributed by atoms with E-state index in [0.29, 0.717) is 29.8 Å². The fraction of sp³-hybridized carbons (Fsp3) is 0.583. The van der Waals surface area contributed by atoms with Gasteiger partial charge in [0.15, 0.2) is 0 Å². The summed E-state index contributed by atoms with van der Waals surface area (Å²) < 4.78 is 15.3. The highest BCUT2D eigenvalue weighted by molar-refractivity contribution is 7.03. The van der Waals surface area contributed by atoms with Crippen LogP contribution in [0, 0.1) is 5.92 Å². The highest BCUT2D eigenvalue weighted by atomic mass is 32.1. The first kappa shape index (κ1) is 10.6. The van der Waals surface area contributed by atoms with E-state index in [1.807, 2.05) is 11.4 Å². The summed E-state index contributed by atoms with van der Waals surface area (Å²) in [6.07, 6.45) is 5.25. The second-order valence-corrected chi connectivity index (χ2v) is 5.64. The summed E-state index contributed by atoms with van der Waals surface area (Å²) in [5, 5.41) is 5.89. The first-order valence-corrected chi connectivity index (χ1v) is 7.11. The summed E-state index contributed by atoms with van der Waals surface area (Å²) in [5.41, 5.74) is 0.791. The molecule has 0 spiro atoms. The van der Waals surface area contributed by atoms with Gasteiger partial charge in [-0.2, -0.15) is 9.36 Å². The third-order valence-electron chi connectivity index (χ3n) is 3.80. The van der Waals surface area contributed by atoms with Crippen LogP contribution in [-0.2, 0) is 11.2 Å². The summed E-state index contributed by atoms with van der Waals surface area (Å²) in [7, 11) is 0. The van der Waals surface area contributed by atoms with Gasteiger partial charge in [0.1, 0.15) is 5.69 Å². The average molecular weight is 263 g/mol. The molecule has 0 aromatic carbocycles. The molecule has 5 nitrogen and oxygen atoms in total. The fourth-order valence-corrected chi connectivity index (χ4v) is 3.46. The van der Waals surface area contributed by atoms with Crippen LogP contribution in [-0.4, -0.2) is 26.7 Å². The second kappa shape index (κ2) is 4.13. The minimum absolute atomic E-state index is 0.407. The van der Waals surface area contributed by atoms with Crippen molar-refractivity contribution in [3.63, 3.8) is 0 Å². The minimum atomic E-state index is 0.407. The van der Waals surface area contributed by atoms with E-state index in [1.165, 1.54) is 24.4 Å². The Balaban J connectivity index is 1.49. The first-order valence-electron chi connectivity index (χ1n) is 6.27. The summed E-state index contributed by atoms with van der Waals surface area (Å²) in [6, 6.07) is 1.90. The van der Waals surface area contributed by atoms with E-state index in [-0.39, 0.29) is 0 Å². The van der Waals surface area contributed by atoms with Gasteiger partial charge in [0.05, 0.1) is 12.2 Å². The van der Waals surface area contributed by atoms with Crippen LogP contribution < -0.4 is 0 Å². The van der Waals surface area contributed by atoms with Crippen molar-refractivity contribution in [1.29, 1.82) is 0 Å². The molecule has 2 saturated heterocycles. The number of fused-ring (bicyclic) bond motifs is 2. The average Bonchev–Trinajstić information content (AvgIpc) is 3.14. The topological polar surface area (TPSA) is 61.0 Å². The lowest BCUT2D eigenvalue weighted by molar-refractivity contribution is 0.0913. The van der Waals surface area contributed by atoms with Crippen LogP contribution in [0.4, 0.5) is 0 Å². The highest BCUT2D eigenvalue weighted by Gasteiger charge is 2.41. The lowest BCUT2D eigenvalue weighted by Gasteiger charge is -2.15. The Bertz CT molecular complexity index is 539. The van der Waals surface area contributed by atoms with Crippen LogP contribution in [0.25, 0.3) is 11.5 Å². The predicted molar refractivity (Wildman–Crippen MR) is 65.1 cm³/mol. The van der Waals surface area contributed by atoms with Gasteiger partial charge in [0.25, 0.3) is 0 Å². The van der Waals surface area contributed by atoms with Crippen LogP contribution >= 0.6 is 11.5 Å². The molecule has 3 atom stereocenters. The number of rotatable bonds is 3. The summed E-state index contributed by atoms with van der Waals surface area (Å²) in [4.78, 5) is 4.41. The van der Waals surface area contributed by atoms with Crippen molar-refractivity contribution < 1.29 is 9.26 Å². The maximum Gasteiger partial charge on any atom is 0.227 e. The van der Waals surface area contributed by atoms with Crippen molar-refractivity contribution in [1.82, 2.24) is 14.5 Å². The van der Waals surface area contributed by atoms with Crippen LogP contribution in [0.15, 0.2) is 16.0 Å². The zero-order valence-electron chi connectivity index (χ0n) is 9.78. The van der Waals surface area contributed by atoms with E-state index in [0.717, 1.165) is 18.5 Å². The molecule has 2 aliphatic rings. The third-order valence-corrected chi connectivity index (χ3v) is 4.36.